The number of aromatic nitrogens is 6. The first-order valence-corrected chi connectivity index (χ1v) is 9.16. The zero-order valence-electron chi connectivity index (χ0n) is 17.4. The number of amides is 2. The summed E-state index contributed by atoms with van der Waals surface area (Å²) in [6, 6.07) is -0.198. The zero-order valence-corrected chi connectivity index (χ0v) is 17.4. The Kier molecular flexibility index (Phi) is 5.61. The molecule has 0 saturated carbocycles. The number of aryl methyl sites for hydroxylation is 3. The van der Waals surface area contributed by atoms with Crippen molar-refractivity contribution < 1.29 is 22.8 Å². The van der Waals surface area contributed by atoms with Gasteiger partial charge in [-0.2, -0.15) is 28.5 Å². The van der Waals surface area contributed by atoms with Crippen molar-refractivity contribution in [2.75, 3.05) is 10.6 Å². The van der Waals surface area contributed by atoms with Crippen molar-refractivity contribution in [3.8, 4) is 0 Å². The van der Waals surface area contributed by atoms with Gasteiger partial charge in [0.1, 0.15) is 11.7 Å². The molecule has 2 amide bonds. The minimum absolute atomic E-state index is 0.0666. The molecule has 1 unspecified atom stereocenters. The second kappa shape index (κ2) is 7.89. The third-order valence-electron chi connectivity index (χ3n) is 4.85. The van der Waals surface area contributed by atoms with Crippen LogP contribution >= 0.6 is 0 Å². The number of hydrogen-bond acceptors (Lipinski definition) is 5. The number of halogens is 3. The van der Waals surface area contributed by atoms with E-state index < -0.39 is 29.7 Å². The predicted octanol–water partition coefficient (Wildman–Crippen LogP) is 2.44. The van der Waals surface area contributed by atoms with Crippen LogP contribution in [0, 0.1) is 13.8 Å². The molecule has 3 heterocycles. The lowest BCUT2D eigenvalue weighted by atomic mass is 10.2. The first-order valence-electron chi connectivity index (χ1n) is 9.16. The second-order valence-electron chi connectivity index (χ2n) is 7.03. The molecule has 3 rings (SSSR count). The predicted molar refractivity (Wildman–Crippen MR) is 104 cm³/mol. The molecule has 2 N–H and O–H groups in total. The Morgan fingerprint density at radius 3 is 2.19 bits per heavy atom. The van der Waals surface area contributed by atoms with Crippen molar-refractivity contribution in [1.29, 1.82) is 0 Å². The highest BCUT2D eigenvalue weighted by atomic mass is 19.4. The maximum Gasteiger partial charge on any atom is 0.435 e. The Morgan fingerprint density at radius 1 is 1.03 bits per heavy atom. The van der Waals surface area contributed by atoms with E-state index in [4.69, 9.17) is 0 Å². The molecule has 0 aliphatic heterocycles. The van der Waals surface area contributed by atoms with Crippen LogP contribution in [-0.4, -0.2) is 41.2 Å². The van der Waals surface area contributed by atoms with Gasteiger partial charge in [-0.25, -0.2) is 0 Å². The van der Waals surface area contributed by atoms with E-state index in [1.807, 2.05) is 0 Å². The van der Waals surface area contributed by atoms with Gasteiger partial charge in [0.15, 0.2) is 5.69 Å². The van der Waals surface area contributed by atoms with Gasteiger partial charge in [0.25, 0.3) is 5.91 Å². The molecule has 0 spiro atoms. The van der Waals surface area contributed by atoms with E-state index in [-0.39, 0.29) is 17.1 Å². The fraction of sp³-hybridized carbons (Fsp3) is 0.389. The van der Waals surface area contributed by atoms with Crippen LogP contribution in [0.25, 0.3) is 0 Å². The fourth-order valence-electron chi connectivity index (χ4n) is 2.97. The van der Waals surface area contributed by atoms with Crippen LogP contribution in [-0.2, 0) is 25.1 Å². The van der Waals surface area contributed by atoms with E-state index in [0.717, 1.165) is 16.4 Å². The lowest BCUT2D eigenvalue weighted by Crippen LogP contribution is -2.27. The van der Waals surface area contributed by atoms with Crippen molar-refractivity contribution in [2.45, 2.75) is 33.0 Å². The molecule has 0 aliphatic carbocycles. The average Bonchev–Trinajstić information content (AvgIpc) is 3.34. The van der Waals surface area contributed by atoms with Gasteiger partial charge in [0.05, 0.1) is 29.5 Å². The van der Waals surface area contributed by atoms with Gasteiger partial charge in [-0.15, -0.1) is 0 Å². The molecule has 0 saturated heterocycles. The molecule has 1 atom stereocenters. The number of rotatable bonds is 5. The van der Waals surface area contributed by atoms with E-state index in [9.17, 15) is 22.8 Å². The van der Waals surface area contributed by atoms with E-state index >= 15 is 0 Å². The molecule has 0 radical (unpaired) electrons. The van der Waals surface area contributed by atoms with Crippen LogP contribution in [0.2, 0.25) is 0 Å². The highest BCUT2D eigenvalue weighted by Gasteiger charge is 2.35. The SMILES string of the molecule is Cc1c(NC(=O)c2c(NC(=O)C(C)n3nc(C(F)(F)F)cc3C)cnn2C)cnn1C. The summed E-state index contributed by atoms with van der Waals surface area (Å²) in [5.41, 5.74) is 0.482. The summed E-state index contributed by atoms with van der Waals surface area (Å²) in [5.74, 6) is -1.19. The summed E-state index contributed by atoms with van der Waals surface area (Å²) < 4.78 is 42.6. The Bertz CT molecular complexity index is 1140. The van der Waals surface area contributed by atoms with Crippen LogP contribution in [0.1, 0.15) is 40.5 Å². The summed E-state index contributed by atoms with van der Waals surface area (Å²) in [5, 5.41) is 16.8. The number of nitrogens with zero attached hydrogens (tertiary/aromatic N) is 6. The van der Waals surface area contributed by atoms with E-state index in [1.165, 1.54) is 38.0 Å². The van der Waals surface area contributed by atoms with Crippen molar-refractivity contribution in [3.05, 3.63) is 41.2 Å². The van der Waals surface area contributed by atoms with Crippen molar-refractivity contribution >= 4 is 23.2 Å². The summed E-state index contributed by atoms with van der Waals surface area (Å²) in [6.07, 6.45) is -1.85. The maximum atomic E-state index is 12.9. The van der Waals surface area contributed by atoms with Crippen LogP contribution in [0.4, 0.5) is 24.5 Å². The van der Waals surface area contributed by atoms with Crippen molar-refractivity contribution in [2.24, 2.45) is 14.1 Å². The van der Waals surface area contributed by atoms with Crippen LogP contribution in [0.15, 0.2) is 18.5 Å². The van der Waals surface area contributed by atoms with E-state index in [2.05, 4.69) is 25.9 Å². The number of alkyl halides is 3. The first-order chi connectivity index (χ1) is 14.4. The van der Waals surface area contributed by atoms with Gasteiger partial charge in [-0.3, -0.25) is 23.6 Å². The van der Waals surface area contributed by atoms with Gasteiger partial charge in [0.2, 0.25) is 5.91 Å². The molecule has 0 fully saturated rings. The monoisotopic (exact) mass is 438 g/mol. The van der Waals surface area contributed by atoms with Crippen molar-refractivity contribution in [3.63, 3.8) is 0 Å². The summed E-state index contributed by atoms with van der Waals surface area (Å²) in [7, 11) is 3.25. The zero-order chi connectivity index (χ0) is 23.1. The molecule has 13 heteroatoms. The molecule has 0 bridgehead atoms. The lowest BCUT2D eigenvalue weighted by molar-refractivity contribution is -0.141. The maximum absolute atomic E-state index is 12.9. The third-order valence-corrected chi connectivity index (χ3v) is 4.85. The summed E-state index contributed by atoms with van der Waals surface area (Å²) in [4.78, 5) is 25.5. The Morgan fingerprint density at radius 2 is 1.65 bits per heavy atom. The summed E-state index contributed by atoms with van der Waals surface area (Å²) in [6.45, 7) is 4.60. The molecule has 10 nitrogen and oxygen atoms in total. The highest BCUT2D eigenvalue weighted by Crippen LogP contribution is 2.29. The first kappa shape index (κ1) is 22.1. The number of hydrogen-bond donors (Lipinski definition) is 2. The quantitative estimate of drug-likeness (QED) is 0.636. The minimum atomic E-state index is -4.62. The normalized spacial score (nSPS) is 12.6. The molecule has 0 aliphatic rings. The molecule has 31 heavy (non-hydrogen) atoms. The highest BCUT2D eigenvalue weighted by molar-refractivity contribution is 6.09. The van der Waals surface area contributed by atoms with E-state index in [1.54, 1.807) is 18.7 Å². The average molecular weight is 438 g/mol. The van der Waals surface area contributed by atoms with Gasteiger partial charge >= 0.3 is 6.18 Å². The molecule has 3 aromatic heterocycles. The molecular weight excluding hydrogens is 417 g/mol. The summed E-state index contributed by atoms with van der Waals surface area (Å²) >= 11 is 0. The minimum Gasteiger partial charge on any atom is -0.321 e. The number of anilines is 2. The van der Waals surface area contributed by atoms with Gasteiger partial charge < -0.3 is 10.6 Å². The third kappa shape index (κ3) is 4.29. The number of carbonyl (C=O) groups excluding carboxylic acids is 2. The number of carbonyl (C=O) groups is 2. The van der Waals surface area contributed by atoms with Gasteiger partial charge in [-0.1, -0.05) is 0 Å². The topological polar surface area (TPSA) is 112 Å². The second-order valence-corrected chi connectivity index (χ2v) is 7.03. The van der Waals surface area contributed by atoms with Crippen LogP contribution in [0.3, 0.4) is 0 Å². The molecule has 166 valence electrons. The number of nitrogens with one attached hydrogen (secondary N) is 2. The van der Waals surface area contributed by atoms with Crippen LogP contribution in [0.5, 0.6) is 0 Å². The Hall–Kier alpha value is -3.64. The fourth-order valence-corrected chi connectivity index (χ4v) is 2.97. The largest absolute Gasteiger partial charge is 0.435 e. The molecule has 0 aromatic carbocycles. The van der Waals surface area contributed by atoms with E-state index in [0.29, 0.717) is 5.69 Å². The molecule has 3 aromatic rings. The molecular formula is C18H21F3N8O2. The standard InChI is InChI=1S/C18H21F3N8O2/c1-9-6-14(18(19,20)21)26-29(9)11(3)16(30)25-13-8-23-28(5)15(13)17(31)24-12-7-22-27(4)10(12)2/h6-8,11H,1-5H3,(H,24,31)(H,25,30). The Balaban J connectivity index is 1.81. The van der Waals surface area contributed by atoms with Gasteiger partial charge in [-0.05, 0) is 26.8 Å². The van der Waals surface area contributed by atoms with Crippen molar-refractivity contribution in [1.82, 2.24) is 29.3 Å². The van der Waals surface area contributed by atoms with Crippen LogP contribution < -0.4 is 10.6 Å². The lowest BCUT2D eigenvalue weighted by Gasteiger charge is -2.15. The van der Waals surface area contributed by atoms with Gasteiger partial charge in [0, 0.05) is 19.8 Å². The smallest absolute Gasteiger partial charge is 0.321 e. The Labute approximate surface area is 175 Å².